The Bertz CT molecular complexity index is 857. The van der Waals surface area contributed by atoms with Crippen molar-refractivity contribution in [1.82, 2.24) is 9.80 Å². The quantitative estimate of drug-likeness (QED) is 0.794. The van der Waals surface area contributed by atoms with Crippen LogP contribution in [0.25, 0.3) is 0 Å². The average molecular weight is 361 g/mol. The van der Waals surface area contributed by atoms with Gasteiger partial charge in [0.25, 0.3) is 0 Å². The summed E-state index contributed by atoms with van der Waals surface area (Å²) in [7, 11) is 1.75. The molecule has 1 fully saturated rings. The summed E-state index contributed by atoms with van der Waals surface area (Å²) in [6, 6.07) is 19.4. The number of carbonyl (C=O) groups excluding carboxylic acids is 2. The first kappa shape index (κ1) is 18.7. The van der Waals surface area contributed by atoms with Crippen molar-refractivity contribution in [3.63, 3.8) is 0 Å². The van der Waals surface area contributed by atoms with Crippen LogP contribution in [0.1, 0.15) is 23.1 Å². The standard InChI is InChI=1S/C22H23N3O2/c1-24(15-19-9-5-8-18(12-19)14-23)22(27)20-13-21(26)25(16-20)11-10-17-6-3-2-4-7-17/h2-9,12,20H,10-11,13,15-16H2,1H3. The third kappa shape index (κ3) is 4.73. The van der Waals surface area contributed by atoms with Crippen molar-refractivity contribution in [2.75, 3.05) is 20.1 Å². The van der Waals surface area contributed by atoms with Crippen LogP contribution in [0.5, 0.6) is 0 Å². The van der Waals surface area contributed by atoms with Crippen LogP contribution in [0.2, 0.25) is 0 Å². The molecule has 2 amide bonds. The Balaban J connectivity index is 1.55. The molecule has 0 aromatic heterocycles. The summed E-state index contributed by atoms with van der Waals surface area (Å²) in [5.74, 6) is -0.269. The lowest BCUT2D eigenvalue weighted by Crippen LogP contribution is -2.34. The summed E-state index contributed by atoms with van der Waals surface area (Å²) >= 11 is 0. The minimum atomic E-state index is -0.294. The summed E-state index contributed by atoms with van der Waals surface area (Å²) in [6.07, 6.45) is 1.07. The molecule has 3 rings (SSSR count). The molecule has 1 aliphatic rings. The summed E-state index contributed by atoms with van der Waals surface area (Å²) < 4.78 is 0. The van der Waals surface area contributed by atoms with Crippen molar-refractivity contribution < 1.29 is 9.59 Å². The van der Waals surface area contributed by atoms with Crippen molar-refractivity contribution in [2.24, 2.45) is 5.92 Å². The summed E-state index contributed by atoms with van der Waals surface area (Å²) in [5, 5.41) is 9.00. The Morgan fingerprint density at radius 3 is 2.67 bits per heavy atom. The third-order valence-electron chi connectivity index (χ3n) is 4.93. The number of likely N-dealkylation sites (tertiary alicyclic amines) is 1. The van der Waals surface area contributed by atoms with Gasteiger partial charge in [0.1, 0.15) is 0 Å². The molecular weight excluding hydrogens is 338 g/mol. The van der Waals surface area contributed by atoms with Crippen molar-refractivity contribution in [1.29, 1.82) is 5.26 Å². The van der Waals surface area contributed by atoms with Crippen LogP contribution >= 0.6 is 0 Å². The highest BCUT2D eigenvalue weighted by atomic mass is 16.2. The van der Waals surface area contributed by atoms with E-state index in [0.717, 1.165) is 12.0 Å². The zero-order valence-electron chi connectivity index (χ0n) is 15.5. The van der Waals surface area contributed by atoms with Gasteiger partial charge in [-0.05, 0) is 29.7 Å². The molecule has 2 aromatic rings. The minimum Gasteiger partial charge on any atom is -0.342 e. The normalized spacial score (nSPS) is 16.2. The molecule has 0 spiro atoms. The Kier molecular flexibility index (Phi) is 5.87. The number of benzene rings is 2. The molecule has 0 aliphatic carbocycles. The SMILES string of the molecule is CN(Cc1cccc(C#N)c1)C(=O)C1CC(=O)N(CCc2ccccc2)C1. The van der Waals surface area contributed by atoms with Gasteiger partial charge in [-0.3, -0.25) is 9.59 Å². The number of hydrogen-bond donors (Lipinski definition) is 0. The van der Waals surface area contributed by atoms with Crippen LogP contribution in [-0.4, -0.2) is 41.8 Å². The highest BCUT2D eigenvalue weighted by Crippen LogP contribution is 2.21. The van der Waals surface area contributed by atoms with Gasteiger partial charge in [0, 0.05) is 33.1 Å². The predicted molar refractivity (Wildman–Crippen MR) is 102 cm³/mol. The highest BCUT2D eigenvalue weighted by Gasteiger charge is 2.35. The van der Waals surface area contributed by atoms with Gasteiger partial charge in [0.05, 0.1) is 17.6 Å². The largest absolute Gasteiger partial charge is 0.342 e. The van der Waals surface area contributed by atoms with E-state index in [-0.39, 0.29) is 24.2 Å². The lowest BCUT2D eigenvalue weighted by Gasteiger charge is -2.21. The van der Waals surface area contributed by atoms with E-state index in [9.17, 15) is 9.59 Å². The molecule has 1 unspecified atom stereocenters. The predicted octanol–water partition coefficient (Wildman–Crippen LogP) is 2.61. The van der Waals surface area contributed by atoms with E-state index < -0.39 is 0 Å². The van der Waals surface area contributed by atoms with E-state index in [1.807, 2.05) is 42.5 Å². The fourth-order valence-electron chi connectivity index (χ4n) is 3.47. The first-order chi connectivity index (χ1) is 13.1. The second-order valence-corrected chi connectivity index (χ2v) is 6.98. The first-order valence-corrected chi connectivity index (χ1v) is 9.12. The topological polar surface area (TPSA) is 64.4 Å². The smallest absolute Gasteiger partial charge is 0.228 e. The molecule has 0 saturated carbocycles. The van der Waals surface area contributed by atoms with Gasteiger partial charge in [-0.1, -0.05) is 42.5 Å². The van der Waals surface area contributed by atoms with Crippen LogP contribution in [0.3, 0.4) is 0 Å². The second kappa shape index (κ2) is 8.50. The van der Waals surface area contributed by atoms with E-state index >= 15 is 0 Å². The maximum atomic E-state index is 12.8. The molecule has 1 heterocycles. The van der Waals surface area contributed by atoms with Gasteiger partial charge in [-0.25, -0.2) is 0 Å². The number of rotatable bonds is 6. The van der Waals surface area contributed by atoms with Gasteiger partial charge in [0.2, 0.25) is 11.8 Å². The minimum absolute atomic E-state index is 0.0204. The molecule has 1 saturated heterocycles. The second-order valence-electron chi connectivity index (χ2n) is 6.98. The van der Waals surface area contributed by atoms with Crippen LogP contribution in [0.15, 0.2) is 54.6 Å². The molecule has 0 N–H and O–H groups in total. The van der Waals surface area contributed by atoms with Gasteiger partial charge in [-0.2, -0.15) is 5.26 Å². The Hall–Kier alpha value is -3.13. The van der Waals surface area contributed by atoms with E-state index in [1.54, 1.807) is 29.0 Å². The van der Waals surface area contributed by atoms with Crippen LogP contribution in [0, 0.1) is 17.2 Å². The molecular formula is C22H23N3O2. The summed E-state index contributed by atoms with van der Waals surface area (Å²) in [5.41, 5.74) is 2.68. The zero-order valence-corrected chi connectivity index (χ0v) is 15.5. The molecule has 1 atom stereocenters. The average Bonchev–Trinajstić information content (AvgIpc) is 3.07. The number of amides is 2. The van der Waals surface area contributed by atoms with Gasteiger partial charge >= 0.3 is 0 Å². The van der Waals surface area contributed by atoms with E-state index in [0.29, 0.717) is 25.2 Å². The van der Waals surface area contributed by atoms with Crippen LogP contribution in [-0.2, 0) is 22.6 Å². The van der Waals surface area contributed by atoms with Gasteiger partial charge in [-0.15, -0.1) is 0 Å². The first-order valence-electron chi connectivity index (χ1n) is 9.12. The fourth-order valence-corrected chi connectivity index (χ4v) is 3.47. The van der Waals surface area contributed by atoms with Crippen LogP contribution in [0.4, 0.5) is 0 Å². The van der Waals surface area contributed by atoms with E-state index in [1.165, 1.54) is 5.56 Å². The number of hydrogen-bond acceptors (Lipinski definition) is 3. The summed E-state index contributed by atoms with van der Waals surface area (Å²) in [4.78, 5) is 28.5. The number of nitrogens with zero attached hydrogens (tertiary/aromatic N) is 3. The van der Waals surface area contributed by atoms with E-state index in [4.69, 9.17) is 5.26 Å². The van der Waals surface area contributed by atoms with Crippen molar-refractivity contribution >= 4 is 11.8 Å². The molecule has 1 aliphatic heterocycles. The Morgan fingerprint density at radius 1 is 1.19 bits per heavy atom. The molecule has 0 bridgehead atoms. The Morgan fingerprint density at radius 2 is 1.93 bits per heavy atom. The lowest BCUT2D eigenvalue weighted by molar-refractivity contribution is -0.135. The van der Waals surface area contributed by atoms with Crippen molar-refractivity contribution in [3.8, 4) is 6.07 Å². The fraction of sp³-hybridized carbons (Fsp3) is 0.318. The summed E-state index contributed by atoms with van der Waals surface area (Å²) in [6.45, 7) is 1.55. The van der Waals surface area contributed by atoms with Crippen molar-refractivity contribution in [2.45, 2.75) is 19.4 Å². The lowest BCUT2D eigenvalue weighted by atomic mass is 10.1. The maximum Gasteiger partial charge on any atom is 0.228 e. The van der Waals surface area contributed by atoms with E-state index in [2.05, 4.69) is 6.07 Å². The molecule has 27 heavy (non-hydrogen) atoms. The Labute approximate surface area is 159 Å². The maximum absolute atomic E-state index is 12.8. The highest BCUT2D eigenvalue weighted by molar-refractivity contribution is 5.89. The molecule has 5 heteroatoms. The van der Waals surface area contributed by atoms with Gasteiger partial charge in [0.15, 0.2) is 0 Å². The molecule has 0 radical (unpaired) electrons. The third-order valence-corrected chi connectivity index (χ3v) is 4.93. The number of carbonyl (C=O) groups is 2. The van der Waals surface area contributed by atoms with Gasteiger partial charge < -0.3 is 9.80 Å². The van der Waals surface area contributed by atoms with Crippen LogP contribution < -0.4 is 0 Å². The molecule has 138 valence electrons. The molecule has 2 aromatic carbocycles. The monoisotopic (exact) mass is 361 g/mol. The molecule has 5 nitrogen and oxygen atoms in total. The number of nitriles is 1. The van der Waals surface area contributed by atoms with Crippen molar-refractivity contribution in [3.05, 3.63) is 71.3 Å². The zero-order chi connectivity index (χ0) is 19.2.